The van der Waals surface area contributed by atoms with Crippen molar-refractivity contribution >= 4 is 23.1 Å². The summed E-state index contributed by atoms with van der Waals surface area (Å²) < 4.78 is 0. The molecule has 0 aliphatic rings. The fourth-order valence-corrected chi connectivity index (χ4v) is 2.23. The standard InChI is InChI=1S/C15H12ClN5O/c1-9-7-13(19-15(16)17-9)18-11-4-2-3-10(8-11)12-5-6-14(22)21-20-12/h2-8H,1H3,(H,21,22)(H,17,18,19). The van der Waals surface area contributed by atoms with Crippen LogP contribution < -0.4 is 10.9 Å². The first kappa shape index (κ1) is 14.2. The highest BCUT2D eigenvalue weighted by molar-refractivity contribution is 6.28. The molecule has 0 unspecified atom stereocenters. The molecular formula is C15H12ClN5O. The van der Waals surface area contributed by atoms with E-state index < -0.39 is 0 Å². The van der Waals surface area contributed by atoms with Gasteiger partial charge in [0.05, 0.1) is 5.69 Å². The lowest BCUT2D eigenvalue weighted by Gasteiger charge is -2.08. The second-order valence-corrected chi connectivity index (χ2v) is 5.01. The maximum absolute atomic E-state index is 11.1. The molecule has 0 saturated carbocycles. The third-order valence-corrected chi connectivity index (χ3v) is 3.11. The summed E-state index contributed by atoms with van der Waals surface area (Å²) >= 11 is 5.85. The van der Waals surface area contributed by atoms with Crippen molar-refractivity contribution in [1.82, 2.24) is 20.2 Å². The van der Waals surface area contributed by atoms with Gasteiger partial charge in [0.25, 0.3) is 5.56 Å². The topological polar surface area (TPSA) is 83.6 Å². The zero-order valence-corrected chi connectivity index (χ0v) is 12.4. The molecule has 0 bridgehead atoms. The molecule has 2 N–H and O–H groups in total. The van der Waals surface area contributed by atoms with Crippen LogP contribution in [-0.4, -0.2) is 20.2 Å². The van der Waals surface area contributed by atoms with Crippen molar-refractivity contribution in [3.63, 3.8) is 0 Å². The van der Waals surface area contributed by atoms with Crippen molar-refractivity contribution in [3.8, 4) is 11.3 Å². The number of H-pyrrole nitrogens is 1. The maximum Gasteiger partial charge on any atom is 0.264 e. The second-order valence-electron chi connectivity index (χ2n) is 4.68. The van der Waals surface area contributed by atoms with Gasteiger partial charge in [0.15, 0.2) is 0 Å². The molecular weight excluding hydrogens is 302 g/mol. The summed E-state index contributed by atoms with van der Waals surface area (Å²) in [4.78, 5) is 19.2. The van der Waals surface area contributed by atoms with E-state index in [1.165, 1.54) is 6.07 Å². The zero-order valence-electron chi connectivity index (χ0n) is 11.7. The van der Waals surface area contributed by atoms with Gasteiger partial charge in [-0.2, -0.15) is 5.10 Å². The Morgan fingerprint density at radius 1 is 1.14 bits per heavy atom. The molecule has 0 radical (unpaired) electrons. The van der Waals surface area contributed by atoms with Gasteiger partial charge < -0.3 is 5.32 Å². The van der Waals surface area contributed by atoms with Crippen LogP contribution in [-0.2, 0) is 0 Å². The lowest BCUT2D eigenvalue weighted by molar-refractivity contribution is 0.995. The molecule has 1 aromatic carbocycles. The van der Waals surface area contributed by atoms with Gasteiger partial charge in [0.2, 0.25) is 5.28 Å². The van der Waals surface area contributed by atoms with Crippen molar-refractivity contribution in [1.29, 1.82) is 0 Å². The van der Waals surface area contributed by atoms with E-state index in [2.05, 4.69) is 25.5 Å². The summed E-state index contributed by atoms with van der Waals surface area (Å²) in [6.45, 7) is 1.85. The van der Waals surface area contributed by atoms with E-state index in [-0.39, 0.29) is 10.8 Å². The molecule has 0 spiro atoms. The summed E-state index contributed by atoms with van der Waals surface area (Å²) in [5.74, 6) is 0.615. The van der Waals surface area contributed by atoms with Crippen LogP contribution in [0.3, 0.4) is 0 Å². The third-order valence-electron chi connectivity index (χ3n) is 2.94. The van der Waals surface area contributed by atoms with Gasteiger partial charge in [0.1, 0.15) is 5.82 Å². The minimum Gasteiger partial charge on any atom is -0.340 e. The Kier molecular flexibility index (Phi) is 3.84. The van der Waals surface area contributed by atoms with Crippen molar-refractivity contribution in [2.45, 2.75) is 6.92 Å². The van der Waals surface area contributed by atoms with Crippen molar-refractivity contribution in [2.75, 3.05) is 5.32 Å². The van der Waals surface area contributed by atoms with Gasteiger partial charge in [-0.15, -0.1) is 0 Å². The van der Waals surface area contributed by atoms with E-state index in [4.69, 9.17) is 11.6 Å². The van der Waals surface area contributed by atoms with E-state index >= 15 is 0 Å². The Balaban J connectivity index is 1.90. The number of benzene rings is 1. The number of aromatic nitrogens is 4. The van der Waals surface area contributed by atoms with Crippen LogP contribution in [0.1, 0.15) is 5.69 Å². The first-order valence-corrected chi connectivity index (χ1v) is 6.92. The molecule has 3 aromatic rings. The van der Waals surface area contributed by atoms with Crippen LogP contribution in [0.15, 0.2) is 47.3 Å². The molecule has 0 aliphatic heterocycles. The summed E-state index contributed by atoms with van der Waals surface area (Å²) in [6.07, 6.45) is 0. The normalized spacial score (nSPS) is 10.5. The highest BCUT2D eigenvalue weighted by Gasteiger charge is 2.04. The fourth-order valence-electron chi connectivity index (χ4n) is 2.01. The van der Waals surface area contributed by atoms with Crippen molar-refractivity contribution in [2.24, 2.45) is 0 Å². The molecule has 110 valence electrons. The Morgan fingerprint density at radius 2 is 2.00 bits per heavy atom. The van der Waals surface area contributed by atoms with Gasteiger partial charge in [-0.3, -0.25) is 4.79 Å². The lowest BCUT2D eigenvalue weighted by atomic mass is 10.1. The van der Waals surface area contributed by atoms with Crippen LogP contribution in [0.5, 0.6) is 0 Å². The molecule has 0 aliphatic carbocycles. The number of rotatable bonds is 3. The minimum absolute atomic E-state index is 0.195. The average molecular weight is 314 g/mol. The van der Waals surface area contributed by atoms with Gasteiger partial charge in [-0.25, -0.2) is 15.1 Å². The van der Waals surface area contributed by atoms with Gasteiger partial charge >= 0.3 is 0 Å². The highest BCUT2D eigenvalue weighted by atomic mass is 35.5. The van der Waals surface area contributed by atoms with Crippen LogP contribution in [0, 0.1) is 6.92 Å². The SMILES string of the molecule is Cc1cc(Nc2cccc(-c3ccc(=O)[nH]n3)c2)nc(Cl)n1. The van der Waals surface area contributed by atoms with E-state index in [0.29, 0.717) is 11.5 Å². The summed E-state index contributed by atoms with van der Waals surface area (Å²) in [7, 11) is 0. The third kappa shape index (κ3) is 3.29. The maximum atomic E-state index is 11.1. The number of halogens is 1. The number of hydrogen-bond acceptors (Lipinski definition) is 5. The number of nitrogens with zero attached hydrogens (tertiary/aromatic N) is 3. The van der Waals surface area contributed by atoms with Crippen molar-refractivity contribution in [3.05, 3.63) is 63.8 Å². The van der Waals surface area contributed by atoms with Crippen LogP contribution >= 0.6 is 11.6 Å². The van der Waals surface area contributed by atoms with Gasteiger partial charge in [-0.05, 0) is 36.7 Å². The van der Waals surface area contributed by atoms with E-state index in [1.54, 1.807) is 12.1 Å². The van der Waals surface area contributed by atoms with E-state index in [0.717, 1.165) is 16.9 Å². The zero-order chi connectivity index (χ0) is 15.5. The predicted octanol–water partition coefficient (Wildman–Crippen LogP) is 2.93. The number of aromatic amines is 1. The van der Waals surface area contributed by atoms with Gasteiger partial charge in [0, 0.05) is 29.1 Å². The molecule has 0 amide bonds. The molecule has 0 saturated heterocycles. The first-order chi connectivity index (χ1) is 10.6. The minimum atomic E-state index is -0.232. The molecule has 22 heavy (non-hydrogen) atoms. The predicted molar refractivity (Wildman–Crippen MR) is 85.4 cm³/mol. The Labute approximate surface area is 131 Å². The van der Waals surface area contributed by atoms with Crippen LogP contribution in [0.2, 0.25) is 5.28 Å². The molecule has 2 aromatic heterocycles. The number of anilines is 2. The van der Waals surface area contributed by atoms with Crippen molar-refractivity contribution < 1.29 is 0 Å². The van der Waals surface area contributed by atoms with Crippen LogP contribution in [0.4, 0.5) is 11.5 Å². The summed E-state index contributed by atoms with van der Waals surface area (Å²) in [6, 6.07) is 12.5. The molecule has 7 heteroatoms. The lowest BCUT2D eigenvalue weighted by Crippen LogP contribution is -2.05. The number of hydrogen-bond donors (Lipinski definition) is 2. The smallest absolute Gasteiger partial charge is 0.264 e. The fraction of sp³-hybridized carbons (Fsp3) is 0.0667. The largest absolute Gasteiger partial charge is 0.340 e. The molecule has 3 rings (SSSR count). The first-order valence-electron chi connectivity index (χ1n) is 6.54. The van der Waals surface area contributed by atoms with Gasteiger partial charge in [-0.1, -0.05) is 12.1 Å². The Bertz CT molecular complexity index is 837. The molecule has 2 heterocycles. The highest BCUT2D eigenvalue weighted by Crippen LogP contribution is 2.22. The second kappa shape index (κ2) is 5.95. The number of nitrogens with one attached hydrogen (secondary N) is 2. The summed E-state index contributed by atoms with van der Waals surface area (Å²) in [5.41, 5.74) is 2.93. The van der Waals surface area contributed by atoms with Crippen LogP contribution in [0.25, 0.3) is 11.3 Å². The Morgan fingerprint density at radius 3 is 2.73 bits per heavy atom. The Hall–Kier alpha value is -2.73. The average Bonchev–Trinajstić information content (AvgIpc) is 2.47. The molecule has 0 fully saturated rings. The van der Waals surface area contributed by atoms with E-state index in [9.17, 15) is 4.79 Å². The number of aryl methyl sites for hydroxylation is 1. The molecule has 0 atom stereocenters. The monoisotopic (exact) mass is 313 g/mol. The quantitative estimate of drug-likeness (QED) is 0.726. The molecule has 6 nitrogen and oxygen atoms in total. The van der Waals surface area contributed by atoms with E-state index in [1.807, 2.05) is 31.2 Å². The summed E-state index contributed by atoms with van der Waals surface area (Å²) in [5, 5.41) is 9.80.